The van der Waals surface area contributed by atoms with Crippen LogP contribution in [-0.4, -0.2) is 53.4 Å². The first-order chi connectivity index (χ1) is 14.4. The minimum atomic E-state index is -0.190. The van der Waals surface area contributed by atoms with E-state index in [9.17, 15) is 14.4 Å². The van der Waals surface area contributed by atoms with E-state index in [0.717, 1.165) is 30.5 Å². The van der Waals surface area contributed by atoms with Gasteiger partial charge in [0.15, 0.2) is 6.61 Å². The van der Waals surface area contributed by atoms with Crippen molar-refractivity contribution >= 4 is 23.5 Å². The Bertz CT molecular complexity index is 1120. The van der Waals surface area contributed by atoms with Crippen LogP contribution in [0, 0.1) is 0 Å². The SMILES string of the molecule is CN1C(=O)COc2ccc(C(=O)N3CCC4(CCc5c4nc(N)[nH]c5=O)CC3)cc21. The monoisotopic (exact) mass is 409 g/mol. The zero-order chi connectivity index (χ0) is 21.0. The Morgan fingerprint density at radius 1 is 1.23 bits per heavy atom. The molecule has 9 heteroatoms. The molecule has 0 atom stereocenters. The van der Waals surface area contributed by atoms with E-state index in [1.807, 2.05) is 4.90 Å². The summed E-state index contributed by atoms with van der Waals surface area (Å²) in [7, 11) is 1.68. The van der Waals surface area contributed by atoms with Gasteiger partial charge in [0.05, 0.1) is 11.4 Å². The van der Waals surface area contributed by atoms with E-state index >= 15 is 0 Å². The van der Waals surface area contributed by atoms with Crippen molar-refractivity contribution < 1.29 is 14.3 Å². The van der Waals surface area contributed by atoms with Crippen molar-refractivity contribution in [1.82, 2.24) is 14.9 Å². The number of piperidine rings is 1. The summed E-state index contributed by atoms with van der Waals surface area (Å²) in [6.07, 6.45) is 3.03. The number of likely N-dealkylation sites (tertiary alicyclic amines) is 1. The van der Waals surface area contributed by atoms with Gasteiger partial charge in [-0.05, 0) is 43.9 Å². The Kier molecular flexibility index (Phi) is 4.09. The Labute approximate surface area is 172 Å². The molecular formula is C21H23N5O4. The fraction of sp³-hybridized carbons (Fsp3) is 0.429. The van der Waals surface area contributed by atoms with Crippen LogP contribution in [0.4, 0.5) is 11.6 Å². The van der Waals surface area contributed by atoms with Gasteiger partial charge in [-0.2, -0.15) is 0 Å². The number of fused-ring (bicyclic) bond motifs is 3. The van der Waals surface area contributed by atoms with Gasteiger partial charge in [0, 0.05) is 36.7 Å². The number of anilines is 2. The molecule has 2 amide bonds. The molecule has 1 spiro atoms. The molecule has 156 valence electrons. The lowest BCUT2D eigenvalue weighted by molar-refractivity contribution is -0.120. The Balaban J connectivity index is 1.36. The minimum Gasteiger partial charge on any atom is -0.482 e. The summed E-state index contributed by atoms with van der Waals surface area (Å²) in [4.78, 5) is 47.6. The second-order valence-corrected chi connectivity index (χ2v) is 8.27. The first kappa shape index (κ1) is 18.7. The van der Waals surface area contributed by atoms with Crippen molar-refractivity contribution in [1.29, 1.82) is 0 Å². The number of rotatable bonds is 1. The summed E-state index contributed by atoms with van der Waals surface area (Å²) < 4.78 is 5.44. The van der Waals surface area contributed by atoms with Crippen molar-refractivity contribution in [3.8, 4) is 5.75 Å². The van der Waals surface area contributed by atoms with Crippen LogP contribution in [0.15, 0.2) is 23.0 Å². The van der Waals surface area contributed by atoms with E-state index in [-0.39, 0.29) is 35.3 Å². The van der Waals surface area contributed by atoms with Crippen LogP contribution in [0.3, 0.4) is 0 Å². The molecule has 2 aromatic rings. The molecule has 2 aliphatic heterocycles. The molecule has 1 aromatic heterocycles. The fourth-order valence-electron chi connectivity index (χ4n) is 4.88. The van der Waals surface area contributed by atoms with E-state index in [1.165, 1.54) is 4.90 Å². The lowest BCUT2D eigenvalue weighted by Crippen LogP contribution is -2.45. The van der Waals surface area contributed by atoms with Crippen LogP contribution in [0.1, 0.15) is 40.9 Å². The largest absolute Gasteiger partial charge is 0.482 e. The summed E-state index contributed by atoms with van der Waals surface area (Å²) >= 11 is 0. The van der Waals surface area contributed by atoms with Gasteiger partial charge >= 0.3 is 0 Å². The summed E-state index contributed by atoms with van der Waals surface area (Å²) in [6, 6.07) is 5.19. The molecule has 0 bridgehead atoms. The van der Waals surface area contributed by atoms with Crippen LogP contribution in [0.25, 0.3) is 0 Å². The minimum absolute atomic E-state index is 0.00780. The third kappa shape index (κ3) is 2.76. The molecular weight excluding hydrogens is 386 g/mol. The number of nitrogens with one attached hydrogen (secondary N) is 1. The molecule has 0 saturated carbocycles. The number of nitrogens with two attached hydrogens (primary N) is 1. The average Bonchev–Trinajstić information content (AvgIpc) is 3.09. The number of H-pyrrole nitrogens is 1. The Morgan fingerprint density at radius 2 is 2.00 bits per heavy atom. The zero-order valence-corrected chi connectivity index (χ0v) is 16.7. The van der Waals surface area contributed by atoms with E-state index in [0.29, 0.717) is 36.5 Å². The first-order valence-electron chi connectivity index (χ1n) is 10.1. The molecule has 1 aromatic carbocycles. The number of hydrogen-bond donors (Lipinski definition) is 2. The van der Waals surface area contributed by atoms with Crippen molar-refractivity contribution in [2.45, 2.75) is 31.1 Å². The standard InChI is InChI=1S/C21H23N5O4/c1-25-14-10-12(2-3-15(14)30-11-16(25)27)19(29)26-8-6-21(7-9-26)5-4-13-17(21)23-20(22)24-18(13)28/h2-3,10H,4-9,11H2,1H3,(H3,22,23,24,28). The van der Waals surface area contributed by atoms with Crippen molar-refractivity contribution in [2.75, 3.05) is 37.4 Å². The maximum atomic E-state index is 13.1. The average molecular weight is 409 g/mol. The second-order valence-electron chi connectivity index (χ2n) is 8.27. The Hall–Kier alpha value is -3.36. The van der Waals surface area contributed by atoms with Crippen LogP contribution in [0.2, 0.25) is 0 Å². The van der Waals surface area contributed by atoms with Crippen LogP contribution >= 0.6 is 0 Å². The zero-order valence-electron chi connectivity index (χ0n) is 16.7. The quantitative estimate of drug-likeness (QED) is 0.719. The first-order valence-corrected chi connectivity index (χ1v) is 10.1. The van der Waals surface area contributed by atoms with E-state index < -0.39 is 0 Å². The molecule has 3 heterocycles. The molecule has 1 fully saturated rings. The highest BCUT2D eigenvalue weighted by molar-refractivity contribution is 6.01. The molecule has 0 radical (unpaired) electrons. The Morgan fingerprint density at radius 3 is 2.77 bits per heavy atom. The summed E-state index contributed by atoms with van der Waals surface area (Å²) in [5.74, 6) is 0.528. The lowest BCUT2D eigenvalue weighted by Gasteiger charge is -2.39. The maximum Gasteiger partial charge on any atom is 0.264 e. The van der Waals surface area contributed by atoms with E-state index in [2.05, 4.69) is 9.97 Å². The number of hydrogen-bond acceptors (Lipinski definition) is 6. The fourth-order valence-corrected chi connectivity index (χ4v) is 4.88. The van der Waals surface area contributed by atoms with Crippen LogP contribution < -0.4 is 20.9 Å². The third-order valence-electron chi connectivity index (χ3n) is 6.69. The predicted octanol–water partition coefficient (Wildman–Crippen LogP) is 0.828. The van der Waals surface area contributed by atoms with Crippen LogP contribution in [0.5, 0.6) is 5.75 Å². The van der Waals surface area contributed by atoms with Crippen molar-refractivity contribution in [3.05, 3.63) is 45.4 Å². The molecule has 30 heavy (non-hydrogen) atoms. The highest BCUT2D eigenvalue weighted by atomic mass is 16.5. The van der Waals surface area contributed by atoms with Gasteiger partial charge in [0.1, 0.15) is 5.75 Å². The smallest absolute Gasteiger partial charge is 0.264 e. The van der Waals surface area contributed by atoms with Gasteiger partial charge < -0.3 is 20.3 Å². The number of likely N-dealkylation sites (N-methyl/N-ethyl adjacent to an activating group) is 1. The maximum absolute atomic E-state index is 13.1. The van der Waals surface area contributed by atoms with Gasteiger partial charge in [0.25, 0.3) is 17.4 Å². The van der Waals surface area contributed by atoms with Crippen LogP contribution in [-0.2, 0) is 16.6 Å². The van der Waals surface area contributed by atoms with Gasteiger partial charge in [-0.15, -0.1) is 0 Å². The number of aromatic amines is 1. The van der Waals surface area contributed by atoms with E-state index in [4.69, 9.17) is 10.5 Å². The van der Waals surface area contributed by atoms with E-state index in [1.54, 1.807) is 25.2 Å². The molecule has 1 aliphatic carbocycles. The summed E-state index contributed by atoms with van der Waals surface area (Å²) in [5, 5.41) is 0. The molecule has 1 saturated heterocycles. The number of ether oxygens (including phenoxy) is 1. The summed E-state index contributed by atoms with van der Waals surface area (Å²) in [6.45, 7) is 1.16. The molecule has 3 N–H and O–H groups in total. The van der Waals surface area contributed by atoms with Crippen molar-refractivity contribution in [3.63, 3.8) is 0 Å². The number of benzene rings is 1. The van der Waals surface area contributed by atoms with Gasteiger partial charge in [-0.1, -0.05) is 0 Å². The number of aromatic nitrogens is 2. The highest BCUT2D eigenvalue weighted by Gasteiger charge is 2.44. The third-order valence-corrected chi connectivity index (χ3v) is 6.69. The molecule has 5 rings (SSSR count). The van der Waals surface area contributed by atoms with Gasteiger partial charge in [-0.25, -0.2) is 4.98 Å². The topological polar surface area (TPSA) is 122 Å². The number of nitrogen functional groups attached to an aromatic ring is 1. The molecule has 3 aliphatic rings. The second kappa shape index (κ2) is 6.58. The van der Waals surface area contributed by atoms with Gasteiger partial charge in [0.2, 0.25) is 5.95 Å². The molecule has 9 nitrogen and oxygen atoms in total. The number of carbonyl (C=O) groups excluding carboxylic acids is 2. The number of carbonyl (C=O) groups is 2. The normalized spacial score (nSPS) is 19.4. The predicted molar refractivity (Wildman–Crippen MR) is 110 cm³/mol. The van der Waals surface area contributed by atoms with Crippen molar-refractivity contribution in [2.24, 2.45) is 0 Å². The lowest BCUT2D eigenvalue weighted by atomic mass is 9.76. The highest BCUT2D eigenvalue weighted by Crippen LogP contribution is 2.44. The van der Waals surface area contributed by atoms with Gasteiger partial charge in [-0.3, -0.25) is 19.4 Å². The number of nitrogens with zero attached hydrogens (tertiary/aromatic N) is 3. The number of amides is 2. The summed E-state index contributed by atoms with van der Waals surface area (Å²) in [5.41, 5.74) is 8.11. The molecule has 0 unspecified atom stereocenters.